The van der Waals surface area contributed by atoms with Crippen molar-refractivity contribution in [3.05, 3.63) is 60.2 Å². The summed E-state index contributed by atoms with van der Waals surface area (Å²) in [7, 11) is -0.643. The Balaban J connectivity index is 2.04. The van der Waals surface area contributed by atoms with E-state index in [1.54, 1.807) is 43.5 Å². The van der Waals surface area contributed by atoms with E-state index in [9.17, 15) is 13.2 Å². The summed E-state index contributed by atoms with van der Waals surface area (Å²) in [6.07, 6.45) is 0. The van der Waals surface area contributed by atoms with Crippen molar-refractivity contribution in [3.63, 3.8) is 0 Å². The summed E-state index contributed by atoms with van der Waals surface area (Å²) in [6.45, 7) is 2.34. The number of anilines is 1. The minimum Gasteiger partial charge on any atom is -0.383 e. The molecule has 27 heavy (non-hydrogen) atoms. The molecule has 7 nitrogen and oxygen atoms in total. The number of ether oxygens (including phenoxy) is 1. The Morgan fingerprint density at radius 1 is 1.04 bits per heavy atom. The Morgan fingerprint density at radius 3 is 2.48 bits per heavy atom. The lowest BCUT2D eigenvalue weighted by atomic mass is 10.2. The monoisotopic (exact) mass is 391 g/mol. The number of amides is 1. The molecule has 2 rings (SSSR count). The minimum absolute atomic E-state index is 0.0692. The number of carbonyl (C=O) groups is 1. The van der Waals surface area contributed by atoms with Crippen molar-refractivity contribution >= 4 is 21.6 Å². The summed E-state index contributed by atoms with van der Waals surface area (Å²) in [6, 6.07) is 14.8. The molecule has 0 bridgehead atoms. The molecular weight excluding hydrogens is 366 g/mol. The van der Waals surface area contributed by atoms with E-state index >= 15 is 0 Å². The number of hydrogen-bond donors (Lipinski definition) is 2. The van der Waals surface area contributed by atoms with Gasteiger partial charge in [0.2, 0.25) is 0 Å². The van der Waals surface area contributed by atoms with Crippen LogP contribution in [0.1, 0.15) is 10.4 Å². The van der Waals surface area contributed by atoms with Gasteiger partial charge in [-0.1, -0.05) is 24.3 Å². The first-order valence-corrected chi connectivity index (χ1v) is 10.0. The largest absolute Gasteiger partial charge is 0.383 e. The van der Waals surface area contributed by atoms with E-state index in [2.05, 4.69) is 10.6 Å². The van der Waals surface area contributed by atoms with Crippen LogP contribution in [0.4, 0.5) is 5.69 Å². The zero-order valence-electron chi connectivity index (χ0n) is 15.5. The van der Waals surface area contributed by atoms with Crippen LogP contribution >= 0.6 is 0 Å². The van der Waals surface area contributed by atoms with Gasteiger partial charge in [-0.15, -0.1) is 0 Å². The zero-order chi connectivity index (χ0) is 19.7. The topological polar surface area (TPSA) is 87.7 Å². The van der Waals surface area contributed by atoms with Crippen LogP contribution in [0.3, 0.4) is 0 Å². The number of nitrogens with zero attached hydrogens (tertiary/aromatic N) is 1. The van der Waals surface area contributed by atoms with Gasteiger partial charge in [0.25, 0.3) is 15.9 Å². The fraction of sp³-hybridized carbons (Fsp3) is 0.316. The molecule has 0 aliphatic rings. The second-order valence-electron chi connectivity index (χ2n) is 5.83. The summed E-state index contributed by atoms with van der Waals surface area (Å²) in [4.78, 5) is 12.3. The minimum atomic E-state index is -3.76. The molecule has 0 radical (unpaired) electrons. The zero-order valence-corrected chi connectivity index (χ0v) is 16.3. The third-order valence-electron chi connectivity index (χ3n) is 3.94. The van der Waals surface area contributed by atoms with Crippen molar-refractivity contribution < 1.29 is 17.9 Å². The lowest BCUT2D eigenvalue weighted by Gasteiger charge is -2.19. The normalized spacial score (nSPS) is 11.2. The highest BCUT2D eigenvalue weighted by Crippen LogP contribution is 2.22. The average Bonchev–Trinajstić information content (AvgIpc) is 2.70. The molecule has 2 aromatic rings. The number of nitrogens with one attached hydrogen (secondary N) is 2. The molecule has 0 saturated heterocycles. The van der Waals surface area contributed by atoms with Crippen molar-refractivity contribution in [2.45, 2.75) is 4.90 Å². The van der Waals surface area contributed by atoms with Gasteiger partial charge in [-0.05, 0) is 30.3 Å². The van der Waals surface area contributed by atoms with Crippen molar-refractivity contribution in [2.75, 3.05) is 44.7 Å². The summed E-state index contributed by atoms with van der Waals surface area (Å²) in [5, 5.41) is 5.88. The smallest absolute Gasteiger partial charge is 0.264 e. The number of rotatable bonds is 10. The number of hydrogen-bond acceptors (Lipinski definition) is 5. The first kappa shape index (κ1) is 20.9. The van der Waals surface area contributed by atoms with Gasteiger partial charge in [-0.3, -0.25) is 9.10 Å². The fourth-order valence-electron chi connectivity index (χ4n) is 2.40. The molecular formula is C19H25N3O4S. The lowest BCUT2D eigenvalue weighted by molar-refractivity contribution is 0.0953. The van der Waals surface area contributed by atoms with Crippen molar-refractivity contribution in [1.29, 1.82) is 0 Å². The highest BCUT2D eigenvalue weighted by molar-refractivity contribution is 7.92. The van der Waals surface area contributed by atoms with E-state index in [1.807, 2.05) is 6.07 Å². The Labute approximate surface area is 160 Å². The molecule has 2 aromatic carbocycles. The van der Waals surface area contributed by atoms with Gasteiger partial charge in [-0.25, -0.2) is 8.42 Å². The number of carbonyl (C=O) groups excluding carboxylic acids is 1. The lowest BCUT2D eigenvalue weighted by Crippen LogP contribution is -2.33. The Kier molecular flexibility index (Phi) is 7.78. The molecule has 0 heterocycles. The standard InChI is InChI=1S/C19H25N3O4S/c1-22(17-8-4-3-5-9-17)27(24,25)18-10-6-7-16(15-18)19(23)21-12-11-20-13-14-26-2/h3-10,15,20H,11-14H2,1-2H3,(H,21,23). The van der Waals surface area contributed by atoms with Crippen molar-refractivity contribution in [1.82, 2.24) is 10.6 Å². The van der Waals surface area contributed by atoms with Gasteiger partial charge in [0.05, 0.1) is 17.2 Å². The van der Waals surface area contributed by atoms with Crippen molar-refractivity contribution in [3.8, 4) is 0 Å². The number of sulfonamides is 1. The van der Waals surface area contributed by atoms with Gasteiger partial charge in [0.15, 0.2) is 0 Å². The highest BCUT2D eigenvalue weighted by atomic mass is 32.2. The van der Waals surface area contributed by atoms with E-state index in [1.165, 1.54) is 23.5 Å². The number of methoxy groups -OCH3 is 1. The van der Waals surface area contributed by atoms with Crippen LogP contribution in [-0.4, -0.2) is 54.7 Å². The predicted octanol–water partition coefficient (Wildman–Crippen LogP) is 1.48. The first-order chi connectivity index (χ1) is 13.0. The molecule has 0 aliphatic carbocycles. The Morgan fingerprint density at radius 2 is 1.78 bits per heavy atom. The summed E-state index contributed by atoms with van der Waals surface area (Å²) in [5.41, 5.74) is 0.851. The fourth-order valence-corrected chi connectivity index (χ4v) is 3.64. The Bertz CT molecular complexity index is 841. The molecule has 1 amide bonds. The van der Waals surface area contributed by atoms with Gasteiger partial charge in [-0.2, -0.15) is 0 Å². The maximum atomic E-state index is 12.8. The second-order valence-corrected chi connectivity index (χ2v) is 7.80. The van der Waals surface area contributed by atoms with Crippen LogP contribution in [0.5, 0.6) is 0 Å². The van der Waals surface area contributed by atoms with Crippen LogP contribution in [0.2, 0.25) is 0 Å². The predicted molar refractivity (Wildman–Crippen MR) is 106 cm³/mol. The van der Waals surface area contributed by atoms with E-state index < -0.39 is 10.0 Å². The molecule has 146 valence electrons. The molecule has 0 unspecified atom stereocenters. The third kappa shape index (κ3) is 5.78. The number of benzene rings is 2. The highest BCUT2D eigenvalue weighted by Gasteiger charge is 2.22. The summed E-state index contributed by atoms with van der Waals surface area (Å²) in [5.74, 6) is -0.317. The summed E-state index contributed by atoms with van der Waals surface area (Å²) >= 11 is 0. The molecule has 0 aliphatic heterocycles. The quantitative estimate of drug-likeness (QED) is 0.599. The molecule has 0 saturated carbocycles. The van der Waals surface area contributed by atoms with E-state index in [0.717, 1.165) is 0 Å². The van der Waals surface area contributed by atoms with Gasteiger partial charge < -0.3 is 15.4 Å². The third-order valence-corrected chi connectivity index (χ3v) is 5.73. The van der Waals surface area contributed by atoms with E-state index in [0.29, 0.717) is 37.5 Å². The molecule has 0 aromatic heterocycles. The average molecular weight is 391 g/mol. The molecule has 8 heteroatoms. The Hall–Kier alpha value is -2.42. The van der Waals surface area contributed by atoms with Gasteiger partial charge in [0, 0.05) is 39.4 Å². The summed E-state index contributed by atoms with van der Waals surface area (Å²) < 4.78 is 31.8. The van der Waals surface area contributed by atoms with Gasteiger partial charge >= 0.3 is 0 Å². The first-order valence-electron chi connectivity index (χ1n) is 8.58. The molecule has 2 N–H and O–H groups in total. The van der Waals surface area contributed by atoms with E-state index in [4.69, 9.17) is 4.74 Å². The molecule has 0 atom stereocenters. The molecule has 0 spiro atoms. The number of para-hydroxylation sites is 1. The van der Waals surface area contributed by atoms with Gasteiger partial charge in [0.1, 0.15) is 0 Å². The van der Waals surface area contributed by atoms with Crippen LogP contribution in [0.25, 0.3) is 0 Å². The maximum absolute atomic E-state index is 12.8. The van der Waals surface area contributed by atoms with Crippen LogP contribution in [-0.2, 0) is 14.8 Å². The van der Waals surface area contributed by atoms with Crippen molar-refractivity contribution in [2.24, 2.45) is 0 Å². The van der Waals surface area contributed by atoms with Crippen LogP contribution < -0.4 is 14.9 Å². The SMILES string of the molecule is COCCNCCNC(=O)c1cccc(S(=O)(=O)N(C)c2ccccc2)c1. The second kappa shape index (κ2) is 10.1. The maximum Gasteiger partial charge on any atom is 0.264 e. The van der Waals surface area contributed by atoms with Crippen LogP contribution in [0, 0.1) is 0 Å². The van der Waals surface area contributed by atoms with Crippen LogP contribution in [0.15, 0.2) is 59.5 Å². The van der Waals surface area contributed by atoms with E-state index in [-0.39, 0.29) is 10.8 Å². The molecule has 0 fully saturated rings.